The molecule has 1 aliphatic heterocycles. The summed E-state index contributed by atoms with van der Waals surface area (Å²) >= 11 is 0. The van der Waals surface area contributed by atoms with Gasteiger partial charge in [0.2, 0.25) is 5.91 Å². The molecule has 0 aliphatic carbocycles. The van der Waals surface area contributed by atoms with Gasteiger partial charge < -0.3 is 19.7 Å². The molecule has 23 heavy (non-hydrogen) atoms. The van der Waals surface area contributed by atoms with Gasteiger partial charge in [0.1, 0.15) is 6.04 Å². The molecule has 1 aromatic heterocycles. The second kappa shape index (κ2) is 7.64. The molecule has 0 aromatic carbocycles. The number of nitrogens with one attached hydrogen (secondary N) is 1. The van der Waals surface area contributed by atoms with Gasteiger partial charge in [0.05, 0.1) is 11.9 Å². The van der Waals surface area contributed by atoms with Gasteiger partial charge in [-0.1, -0.05) is 13.8 Å². The highest BCUT2D eigenvalue weighted by molar-refractivity contribution is 5.95. The summed E-state index contributed by atoms with van der Waals surface area (Å²) < 4.78 is 5.16. The van der Waals surface area contributed by atoms with Crippen LogP contribution in [-0.2, 0) is 4.79 Å². The molecule has 1 aliphatic rings. The van der Waals surface area contributed by atoms with Crippen molar-refractivity contribution in [3.8, 4) is 0 Å². The van der Waals surface area contributed by atoms with Crippen molar-refractivity contribution in [1.29, 1.82) is 0 Å². The number of hydrogen-bond donors (Lipinski definition) is 2. The van der Waals surface area contributed by atoms with Crippen LogP contribution in [0.2, 0.25) is 0 Å². The minimum absolute atomic E-state index is 0.204. The van der Waals surface area contributed by atoms with E-state index in [2.05, 4.69) is 5.32 Å². The van der Waals surface area contributed by atoms with Gasteiger partial charge in [-0.3, -0.25) is 9.59 Å². The first-order valence-corrected chi connectivity index (χ1v) is 8.35. The summed E-state index contributed by atoms with van der Waals surface area (Å²) in [6, 6.07) is 2.77. The van der Waals surface area contributed by atoms with E-state index in [4.69, 9.17) is 4.42 Å². The minimum atomic E-state index is -0.889. The Morgan fingerprint density at radius 2 is 2.13 bits per heavy atom. The lowest BCUT2D eigenvalue weighted by molar-refractivity contribution is -0.128. The fourth-order valence-electron chi connectivity index (χ4n) is 2.86. The number of carbonyl (C=O) groups is 2. The van der Waals surface area contributed by atoms with Crippen molar-refractivity contribution >= 4 is 11.8 Å². The number of hydrogen-bond acceptors (Lipinski definition) is 4. The molecule has 2 heterocycles. The zero-order valence-corrected chi connectivity index (χ0v) is 13.9. The first kappa shape index (κ1) is 17.5. The van der Waals surface area contributed by atoms with Crippen LogP contribution in [0.25, 0.3) is 0 Å². The minimum Gasteiger partial charge on any atom is -0.459 e. The molecule has 6 nitrogen and oxygen atoms in total. The normalized spacial score (nSPS) is 18.7. The summed E-state index contributed by atoms with van der Waals surface area (Å²) in [7, 11) is 0. The van der Waals surface area contributed by atoms with Crippen LogP contribution in [-0.4, -0.2) is 46.6 Å². The predicted octanol–water partition coefficient (Wildman–Crippen LogP) is 1.94. The summed E-state index contributed by atoms with van der Waals surface area (Å²) in [5.41, 5.74) is -0.889. The Morgan fingerprint density at radius 3 is 2.74 bits per heavy atom. The molecule has 1 saturated heterocycles. The average molecular weight is 322 g/mol. The number of amides is 2. The van der Waals surface area contributed by atoms with Crippen LogP contribution in [0.5, 0.6) is 0 Å². The van der Waals surface area contributed by atoms with Gasteiger partial charge in [0.15, 0.2) is 5.76 Å². The van der Waals surface area contributed by atoms with Crippen LogP contribution in [0.15, 0.2) is 22.8 Å². The smallest absolute Gasteiger partial charge is 0.290 e. The number of rotatable bonds is 6. The Balaban J connectivity index is 2.03. The lowest BCUT2D eigenvalue weighted by Crippen LogP contribution is -2.54. The third-order valence-electron chi connectivity index (χ3n) is 4.71. The van der Waals surface area contributed by atoms with Crippen molar-refractivity contribution < 1.29 is 19.1 Å². The van der Waals surface area contributed by atoms with E-state index in [9.17, 15) is 14.7 Å². The number of nitrogens with zero attached hydrogens (tertiary/aromatic N) is 1. The van der Waals surface area contributed by atoms with Crippen LogP contribution in [0.3, 0.4) is 0 Å². The highest BCUT2D eigenvalue weighted by atomic mass is 16.3. The molecule has 0 saturated carbocycles. The highest BCUT2D eigenvalue weighted by Crippen LogP contribution is 2.21. The molecule has 0 bridgehead atoms. The largest absolute Gasteiger partial charge is 0.459 e. The maximum atomic E-state index is 12.5. The first-order chi connectivity index (χ1) is 11.0. The van der Waals surface area contributed by atoms with E-state index < -0.39 is 11.6 Å². The predicted molar refractivity (Wildman–Crippen MR) is 85.9 cm³/mol. The third kappa shape index (κ3) is 4.13. The molecule has 2 rings (SSSR count). The van der Waals surface area contributed by atoms with Crippen molar-refractivity contribution in [3.05, 3.63) is 24.2 Å². The van der Waals surface area contributed by atoms with Crippen LogP contribution in [0.4, 0.5) is 0 Å². The van der Waals surface area contributed by atoms with Gasteiger partial charge in [0.25, 0.3) is 5.91 Å². The molecule has 2 N–H and O–H groups in total. The zero-order valence-electron chi connectivity index (χ0n) is 13.9. The van der Waals surface area contributed by atoms with E-state index in [-0.39, 0.29) is 24.1 Å². The molecule has 1 atom stereocenters. The van der Waals surface area contributed by atoms with E-state index >= 15 is 0 Å². The second-order valence-electron chi connectivity index (χ2n) is 6.14. The molecular weight excluding hydrogens is 296 g/mol. The van der Waals surface area contributed by atoms with Gasteiger partial charge in [-0.2, -0.15) is 0 Å². The maximum Gasteiger partial charge on any atom is 0.290 e. The summed E-state index contributed by atoms with van der Waals surface area (Å²) in [4.78, 5) is 26.6. The molecule has 128 valence electrons. The van der Waals surface area contributed by atoms with Gasteiger partial charge in [-0.15, -0.1) is 0 Å². The van der Waals surface area contributed by atoms with Crippen molar-refractivity contribution in [2.75, 3.05) is 13.1 Å². The van der Waals surface area contributed by atoms with Crippen molar-refractivity contribution in [2.24, 2.45) is 0 Å². The van der Waals surface area contributed by atoms with E-state index in [1.165, 1.54) is 6.26 Å². The fourth-order valence-corrected chi connectivity index (χ4v) is 2.86. The van der Waals surface area contributed by atoms with Gasteiger partial charge in [-0.05, 0) is 44.2 Å². The van der Waals surface area contributed by atoms with Crippen molar-refractivity contribution in [2.45, 2.75) is 57.6 Å². The summed E-state index contributed by atoms with van der Waals surface area (Å²) in [6.07, 6.45) is 5.02. The van der Waals surface area contributed by atoms with Gasteiger partial charge in [-0.25, -0.2) is 0 Å². The standard InChI is InChI=1S/C17H26N2O4/c1-3-17(22,4-2)12-18-15(20)13-8-5-6-10-19(13)16(21)14-9-7-11-23-14/h7,9,11,13,22H,3-6,8,10,12H2,1-2H3,(H,18,20). The topological polar surface area (TPSA) is 82.8 Å². The van der Waals surface area contributed by atoms with Gasteiger partial charge >= 0.3 is 0 Å². The fraction of sp³-hybridized carbons (Fsp3) is 0.647. The Kier molecular flexibility index (Phi) is 5.82. The number of carbonyl (C=O) groups excluding carboxylic acids is 2. The lowest BCUT2D eigenvalue weighted by Gasteiger charge is -2.35. The summed E-state index contributed by atoms with van der Waals surface area (Å²) in [6.45, 7) is 4.54. The SMILES string of the molecule is CCC(O)(CC)CNC(=O)C1CCCCN1C(=O)c1ccco1. The first-order valence-electron chi connectivity index (χ1n) is 8.35. The zero-order chi connectivity index (χ0) is 16.9. The van der Waals surface area contributed by atoms with E-state index in [1.54, 1.807) is 17.0 Å². The van der Waals surface area contributed by atoms with E-state index in [0.717, 1.165) is 12.8 Å². The number of aliphatic hydroxyl groups is 1. The lowest BCUT2D eigenvalue weighted by atomic mass is 9.96. The summed E-state index contributed by atoms with van der Waals surface area (Å²) in [5.74, 6) is -0.204. The average Bonchev–Trinajstić information content (AvgIpc) is 3.13. The number of likely N-dealkylation sites (tertiary alicyclic amines) is 1. The molecule has 1 fully saturated rings. The van der Waals surface area contributed by atoms with E-state index in [0.29, 0.717) is 25.8 Å². The third-order valence-corrected chi connectivity index (χ3v) is 4.71. The Hall–Kier alpha value is -1.82. The Morgan fingerprint density at radius 1 is 1.39 bits per heavy atom. The van der Waals surface area contributed by atoms with Crippen molar-refractivity contribution in [3.63, 3.8) is 0 Å². The molecular formula is C17H26N2O4. The van der Waals surface area contributed by atoms with E-state index in [1.807, 2.05) is 13.8 Å². The maximum absolute atomic E-state index is 12.5. The Labute approximate surface area is 136 Å². The Bertz CT molecular complexity index is 523. The summed E-state index contributed by atoms with van der Waals surface area (Å²) in [5, 5.41) is 13.1. The van der Waals surface area contributed by atoms with Crippen LogP contribution >= 0.6 is 0 Å². The highest BCUT2D eigenvalue weighted by Gasteiger charge is 2.34. The van der Waals surface area contributed by atoms with Gasteiger partial charge in [0, 0.05) is 13.1 Å². The number of furan rings is 1. The van der Waals surface area contributed by atoms with Crippen LogP contribution in [0.1, 0.15) is 56.5 Å². The molecule has 1 unspecified atom stereocenters. The monoisotopic (exact) mass is 322 g/mol. The van der Waals surface area contributed by atoms with Crippen LogP contribution < -0.4 is 5.32 Å². The van der Waals surface area contributed by atoms with Crippen LogP contribution in [0, 0.1) is 0 Å². The number of piperidine rings is 1. The quantitative estimate of drug-likeness (QED) is 0.838. The molecule has 1 aromatic rings. The molecule has 6 heteroatoms. The molecule has 0 radical (unpaired) electrons. The molecule has 0 spiro atoms. The second-order valence-corrected chi connectivity index (χ2v) is 6.14. The molecule has 2 amide bonds. The van der Waals surface area contributed by atoms with Crippen molar-refractivity contribution in [1.82, 2.24) is 10.2 Å².